The van der Waals surface area contributed by atoms with E-state index in [-0.39, 0.29) is 0 Å². The summed E-state index contributed by atoms with van der Waals surface area (Å²) in [6.45, 7) is 3.10. The molecule has 0 unspecified atom stereocenters. The van der Waals surface area contributed by atoms with E-state index in [0.717, 1.165) is 28.9 Å². The van der Waals surface area contributed by atoms with E-state index in [1.165, 1.54) is 17.1 Å². The van der Waals surface area contributed by atoms with Crippen molar-refractivity contribution in [2.24, 2.45) is 0 Å². The van der Waals surface area contributed by atoms with Crippen LogP contribution in [0.2, 0.25) is 0 Å². The first-order chi connectivity index (χ1) is 8.38. The molecule has 0 bridgehead atoms. The van der Waals surface area contributed by atoms with Gasteiger partial charge in [-0.3, -0.25) is 0 Å². The minimum Gasteiger partial charge on any atom is -0.370 e. The molecule has 0 amide bonds. The summed E-state index contributed by atoms with van der Waals surface area (Å²) in [5.74, 6) is 1.85. The van der Waals surface area contributed by atoms with Gasteiger partial charge in [-0.05, 0) is 35.6 Å². The van der Waals surface area contributed by atoms with Crippen molar-refractivity contribution in [3.05, 3.63) is 30.2 Å². The van der Waals surface area contributed by atoms with Crippen LogP contribution in [0.25, 0.3) is 0 Å². The van der Waals surface area contributed by atoms with Gasteiger partial charge in [0.1, 0.15) is 12.1 Å². The molecule has 1 N–H and O–H groups in total. The second-order valence-electron chi connectivity index (χ2n) is 3.47. The Bertz CT molecular complexity index is 444. The van der Waals surface area contributed by atoms with E-state index in [1.807, 2.05) is 12.3 Å². The van der Waals surface area contributed by atoms with E-state index in [4.69, 9.17) is 0 Å². The van der Waals surface area contributed by atoms with Gasteiger partial charge < -0.3 is 5.32 Å². The first-order valence-electron chi connectivity index (χ1n) is 5.46. The Morgan fingerprint density at radius 2 is 2.35 bits per heavy atom. The second kappa shape index (κ2) is 6.56. The summed E-state index contributed by atoms with van der Waals surface area (Å²) in [6.07, 6.45) is 4.53. The lowest BCUT2D eigenvalue weighted by atomic mass is 10.3. The summed E-state index contributed by atoms with van der Waals surface area (Å²) in [5.41, 5.74) is 1.25. The Balaban J connectivity index is 1.91. The summed E-state index contributed by atoms with van der Waals surface area (Å²) in [6, 6.07) is 4.12. The average Bonchev–Trinajstić information content (AvgIpc) is 2.87. The van der Waals surface area contributed by atoms with E-state index in [1.54, 1.807) is 18.1 Å². The third kappa shape index (κ3) is 3.98. The molecule has 0 aliphatic rings. The fourth-order valence-electron chi connectivity index (χ4n) is 1.29. The number of rotatable bonds is 6. The molecule has 2 heterocycles. The van der Waals surface area contributed by atoms with Gasteiger partial charge in [0, 0.05) is 18.5 Å². The molecule has 2 rings (SSSR count). The van der Waals surface area contributed by atoms with Crippen LogP contribution in [0.1, 0.15) is 18.9 Å². The number of nitrogens with zero attached hydrogens (tertiary/aromatic N) is 3. The Labute approximate surface area is 109 Å². The fraction of sp³-hybridized carbons (Fsp3) is 0.364. The monoisotopic (exact) mass is 266 g/mol. The molecule has 0 spiro atoms. The van der Waals surface area contributed by atoms with Crippen molar-refractivity contribution in [3.8, 4) is 0 Å². The Kier molecular flexibility index (Phi) is 4.75. The normalized spacial score (nSPS) is 10.4. The van der Waals surface area contributed by atoms with Crippen molar-refractivity contribution >= 4 is 29.1 Å². The number of nitrogens with one attached hydrogen (secondary N) is 1. The molecule has 4 nitrogen and oxygen atoms in total. The topological polar surface area (TPSA) is 50.7 Å². The molecule has 2 aromatic rings. The largest absolute Gasteiger partial charge is 0.370 e. The predicted octanol–water partition coefficient (Wildman–Crippen LogP) is 3.05. The third-order valence-corrected chi connectivity index (χ3v) is 3.95. The van der Waals surface area contributed by atoms with Gasteiger partial charge in [-0.2, -0.15) is 4.37 Å². The van der Waals surface area contributed by atoms with Crippen LogP contribution in [0.3, 0.4) is 0 Å². The van der Waals surface area contributed by atoms with Crippen molar-refractivity contribution in [2.75, 3.05) is 11.9 Å². The van der Waals surface area contributed by atoms with Gasteiger partial charge in [-0.25, -0.2) is 9.97 Å². The predicted molar refractivity (Wildman–Crippen MR) is 72.5 cm³/mol. The van der Waals surface area contributed by atoms with Crippen LogP contribution in [0.5, 0.6) is 0 Å². The van der Waals surface area contributed by atoms with Gasteiger partial charge >= 0.3 is 0 Å². The molecule has 0 saturated carbocycles. The third-order valence-electron chi connectivity index (χ3n) is 2.08. The summed E-state index contributed by atoms with van der Waals surface area (Å²) in [5, 5.41) is 3.28. The maximum Gasteiger partial charge on any atom is 0.170 e. The highest BCUT2D eigenvalue weighted by Crippen LogP contribution is 2.23. The maximum absolute atomic E-state index is 4.28. The lowest BCUT2D eigenvalue weighted by Gasteiger charge is -2.05. The SMILES string of the molecule is CCCNc1cc(CSc2ncns2)ccn1. The number of anilines is 1. The van der Waals surface area contributed by atoms with Gasteiger partial charge in [-0.15, -0.1) is 0 Å². The van der Waals surface area contributed by atoms with Crippen molar-refractivity contribution in [1.29, 1.82) is 0 Å². The second-order valence-corrected chi connectivity index (χ2v) is 5.47. The van der Waals surface area contributed by atoms with E-state index in [2.05, 4.69) is 32.6 Å². The van der Waals surface area contributed by atoms with Crippen LogP contribution in [0.15, 0.2) is 29.0 Å². The summed E-state index contributed by atoms with van der Waals surface area (Å²) in [7, 11) is 0. The molecule has 0 aromatic carbocycles. The highest BCUT2D eigenvalue weighted by Gasteiger charge is 2.00. The summed E-state index contributed by atoms with van der Waals surface area (Å²) in [4.78, 5) is 8.42. The lowest BCUT2D eigenvalue weighted by molar-refractivity contribution is 0.968. The van der Waals surface area contributed by atoms with Crippen molar-refractivity contribution < 1.29 is 0 Å². The van der Waals surface area contributed by atoms with Crippen molar-refractivity contribution in [3.63, 3.8) is 0 Å². The maximum atomic E-state index is 4.28. The molecule has 0 atom stereocenters. The molecular formula is C11H14N4S2. The zero-order valence-electron chi connectivity index (χ0n) is 9.59. The summed E-state index contributed by atoms with van der Waals surface area (Å²) < 4.78 is 4.98. The highest BCUT2D eigenvalue weighted by atomic mass is 32.2. The van der Waals surface area contributed by atoms with Crippen LogP contribution < -0.4 is 5.32 Å². The Hall–Kier alpha value is -1.14. The molecule has 0 aliphatic carbocycles. The van der Waals surface area contributed by atoms with Crippen LogP contribution in [0.4, 0.5) is 5.82 Å². The van der Waals surface area contributed by atoms with Crippen molar-refractivity contribution in [2.45, 2.75) is 23.4 Å². The smallest absolute Gasteiger partial charge is 0.170 e. The van der Waals surface area contributed by atoms with Gasteiger partial charge in [0.15, 0.2) is 4.34 Å². The molecule has 0 fully saturated rings. The number of hydrogen-bond acceptors (Lipinski definition) is 6. The van der Waals surface area contributed by atoms with E-state index >= 15 is 0 Å². The van der Waals surface area contributed by atoms with Crippen LogP contribution >= 0.6 is 23.3 Å². The number of pyridine rings is 1. The zero-order valence-corrected chi connectivity index (χ0v) is 11.2. The van der Waals surface area contributed by atoms with Gasteiger partial charge in [-0.1, -0.05) is 18.7 Å². The standard InChI is InChI=1S/C11H14N4S2/c1-2-4-12-10-6-9(3-5-13-10)7-16-11-14-8-15-17-11/h3,5-6,8H,2,4,7H2,1H3,(H,12,13). The van der Waals surface area contributed by atoms with E-state index in [0.29, 0.717) is 0 Å². The lowest BCUT2D eigenvalue weighted by Crippen LogP contribution is -2.01. The van der Waals surface area contributed by atoms with Gasteiger partial charge in [0.05, 0.1) is 0 Å². The average molecular weight is 266 g/mol. The molecular weight excluding hydrogens is 252 g/mol. The van der Waals surface area contributed by atoms with Crippen molar-refractivity contribution in [1.82, 2.24) is 14.3 Å². The quantitative estimate of drug-likeness (QED) is 0.814. The van der Waals surface area contributed by atoms with Gasteiger partial charge in [0.2, 0.25) is 0 Å². The Morgan fingerprint density at radius 1 is 1.41 bits per heavy atom. The van der Waals surface area contributed by atoms with Crippen LogP contribution in [0, 0.1) is 0 Å². The number of thioether (sulfide) groups is 1. The first kappa shape index (κ1) is 12.3. The molecule has 0 radical (unpaired) electrons. The van der Waals surface area contributed by atoms with E-state index in [9.17, 15) is 0 Å². The molecule has 6 heteroatoms. The first-order valence-corrected chi connectivity index (χ1v) is 7.22. The van der Waals surface area contributed by atoms with Gasteiger partial charge in [0.25, 0.3) is 0 Å². The summed E-state index contributed by atoms with van der Waals surface area (Å²) >= 11 is 3.13. The fourth-order valence-corrected chi connectivity index (χ4v) is 2.67. The van der Waals surface area contributed by atoms with Crippen LogP contribution in [-0.2, 0) is 5.75 Å². The molecule has 0 saturated heterocycles. The molecule has 2 aromatic heterocycles. The number of aromatic nitrogens is 3. The van der Waals surface area contributed by atoms with E-state index < -0.39 is 0 Å². The minimum atomic E-state index is 0.901. The molecule has 0 aliphatic heterocycles. The Morgan fingerprint density at radius 3 is 3.12 bits per heavy atom. The highest BCUT2D eigenvalue weighted by molar-refractivity contribution is 8.00. The zero-order chi connectivity index (χ0) is 11.9. The number of hydrogen-bond donors (Lipinski definition) is 1. The molecule has 90 valence electrons. The van der Waals surface area contributed by atoms with Crippen LogP contribution in [-0.4, -0.2) is 20.9 Å². The minimum absolute atomic E-state index is 0.901. The molecule has 17 heavy (non-hydrogen) atoms.